The van der Waals surface area contributed by atoms with E-state index in [9.17, 15) is 14.4 Å². The summed E-state index contributed by atoms with van der Waals surface area (Å²) in [6.07, 6.45) is 1.81. The van der Waals surface area contributed by atoms with Crippen LogP contribution in [0.1, 0.15) is 31.7 Å². The Labute approximate surface area is 147 Å². The van der Waals surface area contributed by atoms with Crippen LogP contribution in [0.15, 0.2) is 24.3 Å². The minimum absolute atomic E-state index is 0.148. The van der Waals surface area contributed by atoms with Crippen LogP contribution in [-0.2, 0) is 20.8 Å². The zero-order chi connectivity index (χ0) is 18.2. The number of nitrogens with one attached hydrogen (secondary N) is 1. The van der Waals surface area contributed by atoms with Gasteiger partial charge >= 0.3 is 0 Å². The van der Waals surface area contributed by atoms with Crippen LogP contribution in [0.25, 0.3) is 0 Å². The van der Waals surface area contributed by atoms with Gasteiger partial charge in [-0.1, -0.05) is 12.1 Å². The molecule has 0 bridgehead atoms. The lowest BCUT2D eigenvalue weighted by molar-refractivity contribution is -0.137. The van der Waals surface area contributed by atoms with Gasteiger partial charge in [-0.25, -0.2) is 0 Å². The van der Waals surface area contributed by atoms with E-state index in [1.165, 1.54) is 4.90 Å². The van der Waals surface area contributed by atoms with Crippen LogP contribution in [0, 0.1) is 0 Å². The summed E-state index contributed by atoms with van der Waals surface area (Å²) < 4.78 is 5.36. The fourth-order valence-corrected chi connectivity index (χ4v) is 2.93. The SMILES string of the molecule is CCOc1ccc(CC(=O)NCCC(=O)N2CCCC2C(N)=O)cc1. The molecular formula is C18H25N3O4. The third kappa shape index (κ3) is 5.48. The Morgan fingerprint density at radius 1 is 1.28 bits per heavy atom. The van der Waals surface area contributed by atoms with Gasteiger partial charge in [0.2, 0.25) is 17.7 Å². The second-order valence-corrected chi connectivity index (χ2v) is 6.00. The van der Waals surface area contributed by atoms with Crippen LogP contribution in [0.3, 0.4) is 0 Å². The average molecular weight is 347 g/mol. The normalized spacial score (nSPS) is 16.5. The molecule has 1 fully saturated rings. The van der Waals surface area contributed by atoms with Crippen molar-refractivity contribution in [3.05, 3.63) is 29.8 Å². The van der Waals surface area contributed by atoms with E-state index in [1.807, 2.05) is 31.2 Å². The number of primary amides is 1. The highest BCUT2D eigenvalue weighted by Gasteiger charge is 2.32. The predicted octanol–water partition coefficient (Wildman–Crippen LogP) is 0.610. The van der Waals surface area contributed by atoms with Gasteiger partial charge in [-0.3, -0.25) is 14.4 Å². The quantitative estimate of drug-likeness (QED) is 0.719. The van der Waals surface area contributed by atoms with Crippen molar-refractivity contribution in [2.24, 2.45) is 5.73 Å². The summed E-state index contributed by atoms with van der Waals surface area (Å²) in [5.41, 5.74) is 6.18. The van der Waals surface area contributed by atoms with Crippen molar-refractivity contribution in [1.29, 1.82) is 0 Å². The molecule has 7 nitrogen and oxygen atoms in total. The van der Waals surface area contributed by atoms with Crippen molar-refractivity contribution < 1.29 is 19.1 Å². The average Bonchev–Trinajstić information content (AvgIpc) is 3.07. The second-order valence-electron chi connectivity index (χ2n) is 6.00. The van der Waals surface area contributed by atoms with Gasteiger partial charge in [0.05, 0.1) is 13.0 Å². The van der Waals surface area contributed by atoms with Gasteiger partial charge in [-0.15, -0.1) is 0 Å². The van der Waals surface area contributed by atoms with E-state index >= 15 is 0 Å². The molecule has 0 aliphatic carbocycles. The number of hydrogen-bond donors (Lipinski definition) is 2. The first kappa shape index (κ1) is 18.8. The maximum atomic E-state index is 12.2. The molecule has 0 aromatic heterocycles. The molecule has 1 aliphatic heterocycles. The molecule has 136 valence electrons. The fourth-order valence-electron chi connectivity index (χ4n) is 2.93. The number of hydrogen-bond acceptors (Lipinski definition) is 4. The van der Waals surface area contributed by atoms with E-state index in [0.717, 1.165) is 17.7 Å². The van der Waals surface area contributed by atoms with E-state index in [2.05, 4.69) is 5.32 Å². The standard InChI is InChI=1S/C18H25N3O4/c1-2-25-14-7-5-13(6-8-14)12-16(22)20-10-9-17(23)21-11-3-4-15(21)18(19)24/h5-8,15H,2-4,9-12H2,1H3,(H2,19,24)(H,20,22). The van der Waals surface area contributed by atoms with Crippen LogP contribution in [0.5, 0.6) is 5.75 Å². The molecule has 1 atom stereocenters. The van der Waals surface area contributed by atoms with Gasteiger partial charge in [0.15, 0.2) is 0 Å². The molecule has 1 heterocycles. The maximum absolute atomic E-state index is 12.2. The van der Waals surface area contributed by atoms with E-state index in [0.29, 0.717) is 19.6 Å². The summed E-state index contributed by atoms with van der Waals surface area (Å²) in [4.78, 5) is 36.9. The zero-order valence-electron chi connectivity index (χ0n) is 14.5. The van der Waals surface area contributed by atoms with Crippen LogP contribution in [0.4, 0.5) is 0 Å². The third-order valence-corrected chi connectivity index (χ3v) is 4.16. The van der Waals surface area contributed by atoms with Crippen molar-refractivity contribution in [1.82, 2.24) is 10.2 Å². The molecule has 2 rings (SSSR count). The molecule has 1 unspecified atom stereocenters. The van der Waals surface area contributed by atoms with Gasteiger partial charge in [-0.2, -0.15) is 0 Å². The van der Waals surface area contributed by atoms with E-state index in [4.69, 9.17) is 10.5 Å². The van der Waals surface area contributed by atoms with Gasteiger partial charge in [0, 0.05) is 19.5 Å². The highest BCUT2D eigenvalue weighted by molar-refractivity contribution is 5.87. The van der Waals surface area contributed by atoms with Crippen molar-refractivity contribution in [3.63, 3.8) is 0 Å². The Balaban J connectivity index is 1.73. The molecule has 1 aromatic carbocycles. The largest absolute Gasteiger partial charge is 0.494 e. The number of nitrogens with zero attached hydrogens (tertiary/aromatic N) is 1. The van der Waals surface area contributed by atoms with Crippen LogP contribution in [-0.4, -0.2) is 48.4 Å². The lowest BCUT2D eigenvalue weighted by Crippen LogP contribution is -2.44. The number of nitrogens with two attached hydrogens (primary N) is 1. The van der Waals surface area contributed by atoms with Crippen LogP contribution >= 0.6 is 0 Å². The first-order valence-electron chi connectivity index (χ1n) is 8.58. The summed E-state index contributed by atoms with van der Waals surface area (Å²) in [5, 5.41) is 2.74. The smallest absolute Gasteiger partial charge is 0.240 e. The highest BCUT2D eigenvalue weighted by atomic mass is 16.5. The van der Waals surface area contributed by atoms with Gasteiger partial charge in [0.1, 0.15) is 11.8 Å². The number of carbonyl (C=O) groups is 3. The molecule has 1 aromatic rings. The van der Waals surface area contributed by atoms with Gasteiger partial charge in [0.25, 0.3) is 0 Å². The molecule has 0 saturated carbocycles. The van der Waals surface area contributed by atoms with Gasteiger partial charge < -0.3 is 20.7 Å². The predicted molar refractivity (Wildman–Crippen MR) is 92.9 cm³/mol. The van der Waals surface area contributed by atoms with E-state index in [1.54, 1.807) is 0 Å². The van der Waals surface area contributed by atoms with E-state index in [-0.39, 0.29) is 31.2 Å². The monoisotopic (exact) mass is 347 g/mol. The number of ether oxygens (including phenoxy) is 1. The molecule has 25 heavy (non-hydrogen) atoms. The molecule has 1 aliphatic rings. The topological polar surface area (TPSA) is 102 Å². The summed E-state index contributed by atoms with van der Waals surface area (Å²) in [6.45, 7) is 3.31. The Hall–Kier alpha value is -2.57. The minimum Gasteiger partial charge on any atom is -0.494 e. The molecule has 0 radical (unpaired) electrons. The molecule has 1 saturated heterocycles. The summed E-state index contributed by atoms with van der Waals surface area (Å²) >= 11 is 0. The zero-order valence-corrected chi connectivity index (χ0v) is 14.5. The third-order valence-electron chi connectivity index (χ3n) is 4.16. The Kier molecular flexibility index (Phi) is 6.80. The lowest BCUT2D eigenvalue weighted by atomic mass is 10.1. The number of amides is 3. The first-order chi connectivity index (χ1) is 12.0. The lowest BCUT2D eigenvalue weighted by Gasteiger charge is -2.22. The first-order valence-corrected chi connectivity index (χ1v) is 8.58. The van der Waals surface area contributed by atoms with Crippen LogP contribution < -0.4 is 15.8 Å². The number of likely N-dealkylation sites (tertiary alicyclic amines) is 1. The van der Waals surface area contributed by atoms with Gasteiger partial charge in [-0.05, 0) is 37.5 Å². The Morgan fingerprint density at radius 3 is 2.64 bits per heavy atom. The van der Waals surface area contributed by atoms with Crippen molar-refractivity contribution >= 4 is 17.7 Å². The number of rotatable bonds is 8. The molecular weight excluding hydrogens is 322 g/mol. The molecule has 0 spiro atoms. The number of carbonyl (C=O) groups excluding carboxylic acids is 3. The van der Waals surface area contributed by atoms with Crippen molar-refractivity contribution in [3.8, 4) is 5.75 Å². The highest BCUT2D eigenvalue weighted by Crippen LogP contribution is 2.17. The van der Waals surface area contributed by atoms with Crippen LogP contribution in [0.2, 0.25) is 0 Å². The Morgan fingerprint density at radius 2 is 2.00 bits per heavy atom. The summed E-state index contributed by atoms with van der Waals surface area (Å²) in [6, 6.07) is 6.83. The minimum atomic E-state index is -0.507. The number of benzene rings is 1. The molecule has 7 heteroatoms. The molecule has 3 N–H and O–H groups in total. The maximum Gasteiger partial charge on any atom is 0.240 e. The Bertz CT molecular complexity index is 615. The summed E-state index contributed by atoms with van der Waals surface area (Å²) in [7, 11) is 0. The van der Waals surface area contributed by atoms with Crippen molar-refractivity contribution in [2.45, 2.75) is 38.6 Å². The fraction of sp³-hybridized carbons (Fsp3) is 0.500. The van der Waals surface area contributed by atoms with E-state index < -0.39 is 11.9 Å². The summed E-state index contributed by atoms with van der Waals surface area (Å²) in [5.74, 6) is 0.00441. The molecule has 3 amide bonds. The second kappa shape index (κ2) is 9.05. The van der Waals surface area contributed by atoms with Crippen molar-refractivity contribution in [2.75, 3.05) is 19.7 Å².